The van der Waals surface area contributed by atoms with Gasteiger partial charge in [-0.1, -0.05) is 0 Å². The zero-order chi connectivity index (χ0) is 12.5. The molecule has 2 unspecified atom stereocenters. The number of methoxy groups -OCH3 is 1. The van der Waals surface area contributed by atoms with Crippen LogP contribution in [0, 0.1) is 0 Å². The van der Waals surface area contributed by atoms with E-state index in [1.54, 1.807) is 7.11 Å². The molecule has 0 aromatic heterocycles. The minimum atomic E-state index is -0.183. The van der Waals surface area contributed by atoms with Gasteiger partial charge in [-0.3, -0.25) is 4.79 Å². The fraction of sp³-hybridized carbons (Fsp3) is 0.917. The molecule has 17 heavy (non-hydrogen) atoms. The van der Waals surface area contributed by atoms with E-state index in [2.05, 4.69) is 10.6 Å². The molecule has 1 heterocycles. The smallest absolute Gasteiger partial charge is 0.236 e. The maximum atomic E-state index is 11.6. The molecule has 5 heteroatoms. The number of hydrogen-bond donors (Lipinski definition) is 2. The van der Waals surface area contributed by atoms with E-state index in [-0.39, 0.29) is 18.1 Å². The summed E-state index contributed by atoms with van der Waals surface area (Å²) < 4.78 is 10.5. The van der Waals surface area contributed by atoms with Crippen LogP contribution in [0.2, 0.25) is 0 Å². The van der Waals surface area contributed by atoms with Crippen LogP contribution in [-0.4, -0.2) is 51.5 Å². The molecule has 0 bridgehead atoms. The number of carbonyl (C=O) groups is 1. The fourth-order valence-electron chi connectivity index (χ4n) is 1.80. The number of ether oxygens (including phenoxy) is 2. The Morgan fingerprint density at radius 2 is 2.35 bits per heavy atom. The van der Waals surface area contributed by atoms with Gasteiger partial charge in [-0.2, -0.15) is 0 Å². The van der Waals surface area contributed by atoms with Crippen molar-refractivity contribution in [1.82, 2.24) is 10.6 Å². The Morgan fingerprint density at radius 1 is 1.53 bits per heavy atom. The summed E-state index contributed by atoms with van der Waals surface area (Å²) in [4.78, 5) is 11.6. The highest BCUT2D eigenvalue weighted by atomic mass is 16.5. The monoisotopic (exact) mass is 244 g/mol. The molecule has 5 nitrogen and oxygen atoms in total. The van der Waals surface area contributed by atoms with Gasteiger partial charge in [-0.25, -0.2) is 0 Å². The zero-order valence-corrected chi connectivity index (χ0v) is 10.8. The summed E-state index contributed by atoms with van der Waals surface area (Å²) in [6.45, 7) is 4.57. The third-order valence-corrected chi connectivity index (χ3v) is 2.92. The molecule has 0 saturated carbocycles. The molecular formula is C12H24N2O3. The van der Waals surface area contributed by atoms with Crippen molar-refractivity contribution < 1.29 is 14.3 Å². The molecule has 1 aliphatic rings. The summed E-state index contributed by atoms with van der Waals surface area (Å²) >= 11 is 0. The van der Waals surface area contributed by atoms with Gasteiger partial charge in [0.2, 0.25) is 5.91 Å². The van der Waals surface area contributed by atoms with E-state index >= 15 is 0 Å². The minimum absolute atomic E-state index is 0.0119. The summed E-state index contributed by atoms with van der Waals surface area (Å²) in [6.07, 6.45) is 3.73. The lowest BCUT2D eigenvalue weighted by Gasteiger charge is -2.24. The minimum Gasteiger partial charge on any atom is -0.383 e. The molecule has 0 aromatic carbocycles. The van der Waals surface area contributed by atoms with Crippen molar-refractivity contribution in [2.24, 2.45) is 0 Å². The Labute approximate surface area is 103 Å². The van der Waals surface area contributed by atoms with Crippen molar-refractivity contribution in [3.63, 3.8) is 0 Å². The molecule has 0 aliphatic carbocycles. The molecule has 0 radical (unpaired) electrons. The lowest BCUT2D eigenvalue weighted by Crippen LogP contribution is -2.46. The Bertz CT molecular complexity index is 218. The number of nitrogens with one attached hydrogen (secondary N) is 2. The number of carbonyl (C=O) groups excluding carboxylic acids is 1. The van der Waals surface area contributed by atoms with Crippen LogP contribution in [0.25, 0.3) is 0 Å². The first-order valence-electron chi connectivity index (χ1n) is 6.35. The van der Waals surface area contributed by atoms with Gasteiger partial charge in [0.05, 0.1) is 18.8 Å². The van der Waals surface area contributed by atoms with Crippen molar-refractivity contribution in [2.75, 3.05) is 33.4 Å². The SMILES string of the molecule is COCCNC(=O)C(C)NCC1CCCCO1. The van der Waals surface area contributed by atoms with E-state index in [0.717, 1.165) is 26.0 Å². The van der Waals surface area contributed by atoms with Gasteiger partial charge < -0.3 is 20.1 Å². The van der Waals surface area contributed by atoms with Crippen LogP contribution in [0.5, 0.6) is 0 Å². The molecule has 100 valence electrons. The van der Waals surface area contributed by atoms with E-state index in [4.69, 9.17) is 9.47 Å². The Kier molecular flexibility index (Phi) is 7.16. The molecule has 1 aliphatic heterocycles. The van der Waals surface area contributed by atoms with Crippen LogP contribution in [0.4, 0.5) is 0 Å². The van der Waals surface area contributed by atoms with Crippen molar-refractivity contribution >= 4 is 5.91 Å². The lowest BCUT2D eigenvalue weighted by molar-refractivity contribution is -0.123. The standard InChI is InChI=1S/C12H24N2O3/c1-10(12(15)13-6-8-16-2)14-9-11-5-3-4-7-17-11/h10-11,14H,3-9H2,1-2H3,(H,13,15). The Balaban J connectivity index is 2.10. The topological polar surface area (TPSA) is 59.6 Å². The fourth-order valence-corrected chi connectivity index (χ4v) is 1.80. The number of rotatable bonds is 7. The summed E-state index contributed by atoms with van der Waals surface area (Å²) in [5, 5.41) is 6.00. The number of amides is 1. The van der Waals surface area contributed by atoms with E-state index in [1.165, 1.54) is 6.42 Å². The van der Waals surface area contributed by atoms with Crippen LogP contribution < -0.4 is 10.6 Å². The Morgan fingerprint density at radius 3 is 3.00 bits per heavy atom. The molecule has 2 N–H and O–H groups in total. The van der Waals surface area contributed by atoms with Gasteiger partial charge in [0.25, 0.3) is 0 Å². The first-order valence-corrected chi connectivity index (χ1v) is 6.35. The maximum absolute atomic E-state index is 11.6. The van der Waals surface area contributed by atoms with E-state index in [9.17, 15) is 4.79 Å². The molecule has 2 atom stereocenters. The lowest BCUT2D eigenvalue weighted by atomic mass is 10.1. The third kappa shape index (κ3) is 6.00. The van der Waals surface area contributed by atoms with E-state index < -0.39 is 0 Å². The first-order chi connectivity index (χ1) is 8.24. The second-order valence-electron chi connectivity index (χ2n) is 4.40. The molecule has 1 saturated heterocycles. The van der Waals surface area contributed by atoms with Gasteiger partial charge in [0.15, 0.2) is 0 Å². The highest BCUT2D eigenvalue weighted by Crippen LogP contribution is 2.11. The van der Waals surface area contributed by atoms with Crippen LogP contribution in [-0.2, 0) is 14.3 Å². The van der Waals surface area contributed by atoms with Crippen molar-refractivity contribution in [1.29, 1.82) is 0 Å². The highest BCUT2D eigenvalue weighted by molar-refractivity contribution is 5.81. The summed E-state index contributed by atoms with van der Waals surface area (Å²) in [5.41, 5.74) is 0. The zero-order valence-electron chi connectivity index (χ0n) is 10.8. The second kappa shape index (κ2) is 8.44. The van der Waals surface area contributed by atoms with Crippen molar-refractivity contribution in [3.8, 4) is 0 Å². The van der Waals surface area contributed by atoms with Gasteiger partial charge >= 0.3 is 0 Å². The normalized spacial score (nSPS) is 22.1. The molecule has 1 rings (SSSR count). The van der Waals surface area contributed by atoms with Crippen molar-refractivity contribution in [3.05, 3.63) is 0 Å². The van der Waals surface area contributed by atoms with Crippen LogP contribution in [0.3, 0.4) is 0 Å². The third-order valence-electron chi connectivity index (χ3n) is 2.92. The van der Waals surface area contributed by atoms with Gasteiger partial charge in [0.1, 0.15) is 0 Å². The first kappa shape index (κ1) is 14.4. The van der Waals surface area contributed by atoms with Crippen LogP contribution in [0.1, 0.15) is 26.2 Å². The Hall–Kier alpha value is -0.650. The second-order valence-corrected chi connectivity index (χ2v) is 4.40. The van der Waals surface area contributed by atoms with Crippen LogP contribution >= 0.6 is 0 Å². The molecule has 0 spiro atoms. The average molecular weight is 244 g/mol. The highest BCUT2D eigenvalue weighted by Gasteiger charge is 2.17. The predicted octanol–water partition coefficient (Wildman–Crippen LogP) is 0.296. The quantitative estimate of drug-likeness (QED) is 0.632. The van der Waals surface area contributed by atoms with Gasteiger partial charge in [-0.15, -0.1) is 0 Å². The largest absolute Gasteiger partial charge is 0.383 e. The van der Waals surface area contributed by atoms with Crippen molar-refractivity contribution in [2.45, 2.75) is 38.3 Å². The molecule has 0 aromatic rings. The molecular weight excluding hydrogens is 220 g/mol. The summed E-state index contributed by atoms with van der Waals surface area (Å²) in [7, 11) is 1.62. The number of hydrogen-bond acceptors (Lipinski definition) is 4. The van der Waals surface area contributed by atoms with E-state index in [1.807, 2.05) is 6.92 Å². The summed E-state index contributed by atoms with van der Waals surface area (Å²) in [5.74, 6) is 0.0119. The van der Waals surface area contributed by atoms with E-state index in [0.29, 0.717) is 13.2 Å². The van der Waals surface area contributed by atoms with Gasteiger partial charge in [0, 0.05) is 26.8 Å². The molecule has 1 fully saturated rings. The maximum Gasteiger partial charge on any atom is 0.236 e. The van der Waals surface area contributed by atoms with Gasteiger partial charge in [-0.05, 0) is 26.2 Å². The molecule has 1 amide bonds. The summed E-state index contributed by atoms with van der Waals surface area (Å²) in [6, 6.07) is -0.183. The average Bonchev–Trinajstić information content (AvgIpc) is 2.37. The van der Waals surface area contributed by atoms with Crippen LogP contribution in [0.15, 0.2) is 0 Å². The predicted molar refractivity (Wildman–Crippen MR) is 65.9 cm³/mol.